The van der Waals surface area contributed by atoms with Crippen LogP contribution in [0.5, 0.6) is 0 Å². The number of nitrogens with two attached hydrogens (primary N) is 1. The number of carbonyl (C=O) groups is 2. The van der Waals surface area contributed by atoms with Crippen LogP contribution in [0.1, 0.15) is 22.0 Å². The smallest absolute Gasteiger partial charge is 0.339 e. The van der Waals surface area contributed by atoms with Crippen LogP contribution in [0.2, 0.25) is 0 Å². The van der Waals surface area contributed by atoms with Gasteiger partial charge in [0, 0.05) is 11.8 Å². The van der Waals surface area contributed by atoms with Gasteiger partial charge < -0.3 is 25.4 Å². The minimum atomic E-state index is -1.83. The fourth-order valence-corrected chi connectivity index (χ4v) is 1.38. The Labute approximate surface area is 108 Å². The van der Waals surface area contributed by atoms with E-state index >= 15 is 0 Å². The number of aromatic nitrogens is 1. The number of anilines is 1. The summed E-state index contributed by atoms with van der Waals surface area (Å²) in [6, 6.07) is 1.19. The van der Waals surface area contributed by atoms with Gasteiger partial charge in [0.25, 0.3) is 0 Å². The van der Waals surface area contributed by atoms with E-state index in [1.165, 1.54) is 13.2 Å². The van der Waals surface area contributed by atoms with Crippen LogP contribution < -0.4 is 5.73 Å². The molecule has 2 unspecified atom stereocenters. The zero-order valence-electron chi connectivity index (χ0n) is 10.4. The number of aliphatic hydroxyl groups excluding tert-OH is 2. The van der Waals surface area contributed by atoms with Gasteiger partial charge in [0.05, 0.1) is 19.8 Å². The summed E-state index contributed by atoms with van der Waals surface area (Å²) in [6.07, 6.45) is -2.34. The van der Waals surface area contributed by atoms with Gasteiger partial charge in [0.1, 0.15) is 11.9 Å². The van der Waals surface area contributed by atoms with Crippen LogP contribution in [0, 0.1) is 0 Å². The second-order valence-corrected chi connectivity index (χ2v) is 3.60. The van der Waals surface area contributed by atoms with Gasteiger partial charge in [0.2, 0.25) is 0 Å². The molecule has 19 heavy (non-hydrogen) atoms. The average molecular weight is 270 g/mol. The molecule has 1 aromatic rings. The quantitative estimate of drug-likeness (QED) is 0.594. The number of ether oxygens (including phenoxy) is 2. The van der Waals surface area contributed by atoms with Crippen molar-refractivity contribution in [2.75, 3.05) is 20.0 Å². The lowest BCUT2D eigenvalue weighted by Gasteiger charge is -2.17. The number of carbonyl (C=O) groups excluding carboxylic acids is 2. The molecule has 0 bridgehead atoms. The maximum absolute atomic E-state index is 11.3. The Hall–Kier alpha value is -2.19. The number of nitrogen functional groups attached to an aromatic ring is 1. The fraction of sp³-hybridized carbons (Fsp3) is 0.364. The molecule has 0 saturated heterocycles. The van der Waals surface area contributed by atoms with Crippen molar-refractivity contribution in [2.24, 2.45) is 0 Å². The summed E-state index contributed by atoms with van der Waals surface area (Å²) in [7, 11) is 2.24. The van der Waals surface area contributed by atoms with Crippen LogP contribution in [0.3, 0.4) is 0 Å². The van der Waals surface area contributed by atoms with Crippen LogP contribution in [0.25, 0.3) is 0 Å². The van der Waals surface area contributed by atoms with E-state index < -0.39 is 24.1 Å². The van der Waals surface area contributed by atoms with Gasteiger partial charge in [-0.15, -0.1) is 0 Å². The Kier molecular flexibility index (Phi) is 4.79. The number of rotatable bonds is 4. The molecule has 1 heterocycles. The SMILES string of the molecule is COC(=O)c1cnc(N)c(C(O)C(O)C(=O)OC)c1. The summed E-state index contributed by atoms with van der Waals surface area (Å²) >= 11 is 0. The Morgan fingerprint density at radius 1 is 1.32 bits per heavy atom. The Bertz CT molecular complexity index is 490. The standard InChI is InChI=1S/C11H14N2O6/c1-18-10(16)5-3-6(9(12)13-4-5)7(14)8(15)11(17)19-2/h3-4,7-8,14-15H,1-2H3,(H2,12,13). The molecular weight excluding hydrogens is 256 g/mol. The molecule has 4 N–H and O–H groups in total. The average Bonchev–Trinajstić information content (AvgIpc) is 2.44. The van der Waals surface area contributed by atoms with Crippen LogP contribution in [0.4, 0.5) is 5.82 Å². The maximum atomic E-state index is 11.3. The highest BCUT2D eigenvalue weighted by Gasteiger charge is 2.29. The first-order valence-electron chi connectivity index (χ1n) is 5.20. The lowest BCUT2D eigenvalue weighted by Crippen LogP contribution is -2.29. The third-order valence-corrected chi connectivity index (χ3v) is 2.43. The number of esters is 2. The summed E-state index contributed by atoms with van der Waals surface area (Å²) in [6.45, 7) is 0. The van der Waals surface area contributed by atoms with E-state index in [1.54, 1.807) is 0 Å². The van der Waals surface area contributed by atoms with E-state index in [2.05, 4.69) is 14.5 Å². The number of hydrogen-bond acceptors (Lipinski definition) is 8. The van der Waals surface area contributed by atoms with Crippen LogP contribution in [-0.4, -0.2) is 47.5 Å². The lowest BCUT2D eigenvalue weighted by molar-refractivity contribution is -0.156. The van der Waals surface area contributed by atoms with Gasteiger partial charge in [0.15, 0.2) is 6.10 Å². The van der Waals surface area contributed by atoms with Gasteiger partial charge in [-0.05, 0) is 6.07 Å². The van der Waals surface area contributed by atoms with Gasteiger partial charge in [-0.1, -0.05) is 0 Å². The van der Waals surface area contributed by atoms with Crippen molar-refractivity contribution in [3.8, 4) is 0 Å². The van der Waals surface area contributed by atoms with Gasteiger partial charge in [-0.3, -0.25) is 0 Å². The highest BCUT2D eigenvalue weighted by atomic mass is 16.5. The number of nitrogens with zero attached hydrogens (tertiary/aromatic N) is 1. The summed E-state index contributed by atoms with van der Waals surface area (Å²) in [5.41, 5.74) is 5.49. The van der Waals surface area contributed by atoms with E-state index in [0.29, 0.717) is 0 Å². The normalized spacial score (nSPS) is 13.5. The van der Waals surface area contributed by atoms with Gasteiger partial charge in [-0.25, -0.2) is 14.6 Å². The summed E-state index contributed by atoms with van der Waals surface area (Å²) < 4.78 is 8.78. The van der Waals surface area contributed by atoms with E-state index in [0.717, 1.165) is 13.3 Å². The lowest BCUT2D eigenvalue weighted by atomic mass is 10.0. The van der Waals surface area contributed by atoms with Crippen LogP contribution >= 0.6 is 0 Å². The molecule has 0 aliphatic heterocycles. The minimum absolute atomic E-state index is 0.0304. The van der Waals surface area contributed by atoms with Crippen molar-refractivity contribution in [3.63, 3.8) is 0 Å². The molecular formula is C11H14N2O6. The maximum Gasteiger partial charge on any atom is 0.339 e. The fourth-order valence-electron chi connectivity index (χ4n) is 1.38. The minimum Gasteiger partial charge on any atom is -0.467 e. The Balaban J connectivity index is 3.11. The topological polar surface area (TPSA) is 132 Å². The largest absolute Gasteiger partial charge is 0.467 e. The second-order valence-electron chi connectivity index (χ2n) is 3.60. The monoisotopic (exact) mass is 270 g/mol. The molecule has 0 aliphatic rings. The van der Waals surface area contributed by atoms with Crippen molar-refractivity contribution in [2.45, 2.75) is 12.2 Å². The molecule has 0 spiro atoms. The zero-order chi connectivity index (χ0) is 14.6. The third-order valence-electron chi connectivity index (χ3n) is 2.43. The molecule has 1 rings (SSSR count). The van der Waals surface area contributed by atoms with Gasteiger partial charge in [-0.2, -0.15) is 0 Å². The van der Waals surface area contributed by atoms with E-state index in [-0.39, 0.29) is 16.9 Å². The molecule has 0 aliphatic carbocycles. The predicted octanol–water partition coefficient (Wildman–Crippen LogP) is -0.982. The van der Waals surface area contributed by atoms with Crippen LogP contribution in [0.15, 0.2) is 12.3 Å². The first kappa shape index (κ1) is 14.9. The Morgan fingerprint density at radius 3 is 2.47 bits per heavy atom. The van der Waals surface area contributed by atoms with Crippen molar-refractivity contribution in [1.82, 2.24) is 4.98 Å². The second kappa shape index (κ2) is 6.12. The van der Waals surface area contributed by atoms with Crippen molar-refractivity contribution >= 4 is 17.8 Å². The van der Waals surface area contributed by atoms with Crippen molar-refractivity contribution in [1.29, 1.82) is 0 Å². The Morgan fingerprint density at radius 2 is 1.95 bits per heavy atom. The van der Waals surface area contributed by atoms with E-state index in [4.69, 9.17) is 5.73 Å². The van der Waals surface area contributed by atoms with E-state index in [1.807, 2.05) is 0 Å². The first-order valence-corrected chi connectivity index (χ1v) is 5.20. The molecule has 2 atom stereocenters. The highest BCUT2D eigenvalue weighted by Crippen LogP contribution is 2.23. The zero-order valence-corrected chi connectivity index (χ0v) is 10.4. The molecule has 0 saturated carbocycles. The third kappa shape index (κ3) is 3.18. The molecule has 8 heteroatoms. The molecule has 0 fully saturated rings. The first-order chi connectivity index (χ1) is 8.92. The summed E-state index contributed by atoms with van der Waals surface area (Å²) in [5.74, 6) is -1.84. The number of hydrogen-bond donors (Lipinski definition) is 3. The number of methoxy groups -OCH3 is 2. The van der Waals surface area contributed by atoms with Crippen molar-refractivity contribution < 1.29 is 29.3 Å². The molecule has 0 aromatic carbocycles. The van der Waals surface area contributed by atoms with E-state index in [9.17, 15) is 19.8 Å². The molecule has 8 nitrogen and oxygen atoms in total. The van der Waals surface area contributed by atoms with Crippen LogP contribution in [-0.2, 0) is 14.3 Å². The predicted molar refractivity (Wildman–Crippen MR) is 63.0 cm³/mol. The number of pyridine rings is 1. The van der Waals surface area contributed by atoms with Gasteiger partial charge >= 0.3 is 11.9 Å². The van der Waals surface area contributed by atoms with Crippen molar-refractivity contribution in [3.05, 3.63) is 23.4 Å². The number of aliphatic hydroxyl groups is 2. The highest BCUT2D eigenvalue weighted by molar-refractivity contribution is 5.89. The summed E-state index contributed by atoms with van der Waals surface area (Å²) in [4.78, 5) is 26.1. The molecule has 1 aromatic heterocycles. The summed E-state index contributed by atoms with van der Waals surface area (Å²) in [5, 5.41) is 19.4. The molecule has 0 amide bonds. The molecule has 0 radical (unpaired) electrons. The molecule has 104 valence electrons.